The molecule has 0 radical (unpaired) electrons. The van der Waals surface area contributed by atoms with E-state index in [0.717, 1.165) is 14.0 Å². The van der Waals surface area contributed by atoms with Crippen LogP contribution in [-0.2, 0) is 6.54 Å². The molecule has 3 aromatic heterocycles. The first-order chi connectivity index (χ1) is 15.2. The molecule has 0 aliphatic carbocycles. The maximum atomic E-state index is 13.8. The van der Waals surface area contributed by atoms with Gasteiger partial charge in [-0.3, -0.25) is 14.3 Å². The first-order valence-electron chi connectivity index (χ1n) is 9.78. The lowest BCUT2D eigenvalue weighted by Gasteiger charge is -2.35. The van der Waals surface area contributed by atoms with Crippen molar-refractivity contribution in [3.05, 3.63) is 60.6 Å². The molecule has 0 bridgehead atoms. The number of nitrogens with zero attached hydrogens (tertiary/aromatic N) is 5. The molecule has 1 aliphatic heterocycles. The van der Waals surface area contributed by atoms with Crippen LogP contribution in [0.25, 0.3) is 16.8 Å². The normalized spacial score (nSPS) is 15.5. The van der Waals surface area contributed by atoms with E-state index >= 15 is 0 Å². The Morgan fingerprint density at radius 3 is 2.56 bits per heavy atom. The van der Waals surface area contributed by atoms with Crippen molar-refractivity contribution in [2.24, 2.45) is 0 Å². The first-order valence-corrected chi connectivity index (χ1v) is 11.0. The lowest BCUT2D eigenvalue weighted by Crippen LogP contribution is -2.47. The molecule has 0 saturated carbocycles. The van der Waals surface area contributed by atoms with E-state index in [1.807, 2.05) is 13.0 Å². The molecule has 166 valence electrons. The number of rotatable bonds is 4. The number of hydrogen-bond donors (Lipinski definition) is 0. The molecule has 0 spiro atoms. The predicted molar refractivity (Wildman–Crippen MR) is 119 cm³/mol. The maximum Gasteiger partial charge on any atom is 0.338 e. The molecule has 11 heteroatoms. The molecule has 0 atom stereocenters. The van der Waals surface area contributed by atoms with Crippen molar-refractivity contribution in [1.82, 2.24) is 14.1 Å². The average Bonchev–Trinajstić information content (AvgIpc) is 3.16. The van der Waals surface area contributed by atoms with Gasteiger partial charge in [-0.15, -0.1) is 11.3 Å². The number of anilines is 1. The van der Waals surface area contributed by atoms with Crippen molar-refractivity contribution in [1.29, 1.82) is 5.26 Å². The van der Waals surface area contributed by atoms with E-state index in [1.165, 1.54) is 29.8 Å². The van der Waals surface area contributed by atoms with Crippen LogP contribution in [-0.4, -0.2) is 33.1 Å². The summed E-state index contributed by atoms with van der Waals surface area (Å²) in [6, 6.07) is 5.17. The van der Waals surface area contributed by atoms with Crippen LogP contribution in [0.1, 0.15) is 17.7 Å². The molecule has 0 amide bonds. The fourth-order valence-corrected chi connectivity index (χ4v) is 4.67. The molecule has 0 aromatic carbocycles. The van der Waals surface area contributed by atoms with Crippen LogP contribution in [0.15, 0.2) is 39.5 Å². The lowest BCUT2D eigenvalue weighted by atomic mass is 10.0. The summed E-state index contributed by atoms with van der Waals surface area (Å²) >= 11 is 7.44. The summed E-state index contributed by atoms with van der Waals surface area (Å²) in [5, 5.41) is 11.4. The molecule has 3 aromatic rings. The number of piperidine rings is 1. The van der Waals surface area contributed by atoms with Crippen molar-refractivity contribution >= 4 is 28.8 Å². The SMILES string of the molecule is Cc1cc(-c2c(N3CCC(F)(F)CC3)n(CC#N)c(=O)n(-c3cncc(Cl)c3)c2=O)cs1. The Morgan fingerprint density at radius 1 is 1.25 bits per heavy atom. The van der Waals surface area contributed by atoms with Gasteiger partial charge in [0.15, 0.2) is 0 Å². The summed E-state index contributed by atoms with van der Waals surface area (Å²) < 4.78 is 29.7. The van der Waals surface area contributed by atoms with Crippen LogP contribution < -0.4 is 16.1 Å². The molecule has 0 N–H and O–H groups in total. The van der Waals surface area contributed by atoms with E-state index in [-0.39, 0.29) is 41.7 Å². The Morgan fingerprint density at radius 2 is 1.97 bits per heavy atom. The Kier molecular flexibility index (Phi) is 5.88. The van der Waals surface area contributed by atoms with Crippen LogP contribution in [0.2, 0.25) is 5.02 Å². The maximum absolute atomic E-state index is 13.8. The zero-order valence-corrected chi connectivity index (χ0v) is 18.6. The third kappa shape index (κ3) is 4.06. The summed E-state index contributed by atoms with van der Waals surface area (Å²) in [6.45, 7) is 1.43. The van der Waals surface area contributed by atoms with E-state index in [1.54, 1.807) is 16.3 Å². The molecular weight excluding hydrogens is 460 g/mol. The van der Waals surface area contributed by atoms with Gasteiger partial charge in [-0.2, -0.15) is 5.26 Å². The zero-order valence-electron chi connectivity index (χ0n) is 17.0. The summed E-state index contributed by atoms with van der Waals surface area (Å²) in [7, 11) is 0. The van der Waals surface area contributed by atoms with Gasteiger partial charge in [0, 0.05) is 42.6 Å². The van der Waals surface area contributed by atoms with Gasteiger partial charge in [-0.1, -0.05) is 11.6 Å². The van der Waals surface area contributed by atoms with Gasteiger partial charge in [0.2, 0.25) is 0 Å². The topological polar surface area (TPSA) is 83.9 Å². The van der Waals surface area contributed by atoms with Crippen molar-refractivity contribution in [3.63, 3.8) is 0 Å². The number of thiophene rings is 1. The highest BCUT2D eigenvalue weighted by Crippen LogP contribution is 2.35. The Balaban J connectivity index is 2.05. The van der Waals surface area contributed by atoms with E-state index in [2.05, 4.69) is 4.98 Å². The molecule has 7 nitrogen and oxygen atoms in total. The lowest BCUT2D eigenvalue weighted by molar-refractivity contribution is -0.0222. The van der Waals surface area contributed by atoms with E-state index < -0.39 is 30.0 Å². The minimum absolute atomic E-state index is 0.0455. The highest BCUT2D eigenvalue weighted by Gasteiger charge is 2.36. The van der Waals surface area contributed by atoms with Crippen molar-refractivity contribution in [3.8, 4) is 22.9 Å². The number of nitriles is 1. The first kappa shape index (κ1) is 22.2. The minimum atomic E-state index is -2.81. The predicted octanol–water partition coefficient (Wildman–Crippen LogP) is 3.84. The minimum Gasteiger partial charge on any atom is -0.357 e. The average molecular weight is 478 g/mol. The molecule has 1 fully saturated rings. The van der Waals surface area contributed by atoms with Gasteiger partial charge in [0.1, 0.15) is 12.4 Å². The number of aromatic nitrogens is 3. The second-order valence-corrected chi connectivity index (χ2v) is 9.07. The summed E-state index contributed by atoms with van der Waals surface area (Å²) in [6.07, 6.45) is 1.89. The smallest absolute Gasteiger partial charge is 0.338 e. The van der Waals surface area contributed by atoms with Crippen molar-refractivity contribution < 1.29 is 8.78 Å². The Hall–Kier alpha value is -3.03. The Bertz CT molecular complexity index is 1330. The van der Waals surface area contributed by atoms with E-state index in [9.17, 15) is 23.6 Å². The van der Waals surface area contributed by atoms with Crippen LogP contribution in [0.5, 0.6) is 0 Å². The van der Waals surface area contributed by atoms with Crippen LogP contribution in [0.3, 0.4) is 0 Å². The van der Waals surface area contributed by atoms with E-state index in [4.69, 9.17) is 11.6 Å². The third-order valence-electron chi connectivity index (χ3n) is 5.31. The van der Waals surface area contributed by atoms with Crippen LogP contribution >= 0.6 is 22.9 Å². The second-order valence-electron chi connectivity index (χ2n) is 7.52. The number of pyridine rings is 1. The largest absolute Gasteiger partial charge is 0.357 e. The molecule has 0 unspecified atom stereocenters. The van der Waals surface area contributed by atoms with Gasteiger partial charge in [-0.05, 0) is 24.4 Å². The quantitative estimate of drug-likeness (QED) is 0.570. The van der Waals surface area contributed by atoms with Crippen molar-refractivity contribution in [2.45, 2.75) is 32.2 Å². The van der Waals surface area contributed by atoms with Gasteiger partial charge >= 0.3 is 5.69 Å². The van der Waals surface area contributed by atoms with Gasteiger partial charge < -0.3 is 4.90 Å². The Labute approximate surface area is 190 Å². The standard InChI is InChI=1S/C21H18ClF2N5O2S/c1-13-8-14(12-32-13)17-18(27-5-2-21(23,24)3-6-27)28(7-4-25)20(31)29(19(17)30)16-9-15(22)10-26-11-16/h8-12H,2-3,5-7H2,1H3. The molecule has 4 rings (SSSR count). The highest BCUT2D eigenvalue weighted by molar-refractivity contribution is 7.10. The number of alkyl halides is 2. The molecule has 32 heavy (non-hydrogen) atoms. The molecule has 1 saturated heterocycles. The highest BCUT2D eigenvalue weighted by atomic mass is 35.5. The number of aryl methyl sites for hydroxylation is 1. The van der Waals surface area contributed by atoms with Gasteiger partial charge in [0.05, 0.1) is 28.5 Å². The fourth-order valence-electron chi connectivity index (χ4n) is 3.81. The molecular formula is C21H18ClF2N5O2S. The van der Waals surface area contributed by atoms with Gasteiger partial charge in [-0.25, -0.2) is 18.1 Å². The zero-order chi connectivity index (χ0) is 23.0. The summed E-state index contributed by atoms with van der Waals surface area (Å²) in [4.78, 5) is 33.6. The number of hydrogen-bond acceptors (Lipinski definition) is 6. The summed E-state index contributed by atoms with van der Waals surface area (Å²) in [5.74, 6) is -2.63. The molecule has 1 aliphatic rings. The number of halogens is 3. The van der Waals surface area contributed by atoms with E-state index in [0.29, 0.717) is 5.56 Å². The fraction of sp³-hybridized carbons (Fsp3) is 0.333. The summed E-state index contributed by atoms with van der Waals surface area (Å²) in [5.41, 5.74) is -0.499. The molecule has 4 heterocycles. The monoisotopic (exact) mass is 477 g/mol. The third-order valence-corrected chi connectivity index (χ3v) is 6.38. The van der Waals surface area contributed by atoms with Gasteiger partial charge in [0.25, 0.3) is 11.5 Å². The van der Waals surface area contributed by atoms with Crippen LogP contribution in [0, 0.1) is 18.3 Å². The van der Waals surface area contributed by atoms with Crippen molar-refractivity contribution in [2.75, 3.05) is 18.0 Å². The second kappa shape index (κ2) is 8.48. The van der Waals surface area contributed by atoms with Crippen LogP contribution in [0.4, 0.5) is 14.6 Å².